The van der Waals surface area contributed by atoms with Crippen LogP contribution in [-0.4, -0.2) is 21.5 Å². The topological polar surface area (TPSA) is 88.8 Å². The van der Waals surface area contributed by atoms with E-state index in [4.69, 9.17) is 5.84 Å². The average molecular weight is 264 g/mol. The molecule has 0 unspecified atom stereocenters. The predicted molar refractivity (Wildman–Crippen MR) is 73.6 cm³/mol. The fraction of sp³-hybridized carbons (Fsp3) is 0.364. The van der Waals surface area contributed by atoms with Crippen LogP contribution in [0.25, 0.3) is 0 Å². The number of rotatable bonds is 5. The van der Waals surface area contributed by atoms with Crippen molar-refractivity contribution in [2.75, 3.05) is 17.3 Å². The Balaban J connectivity index is 1.93. The van der Waals surface area contributed by atoms with Gasteiger partial charge in [0, 0.05) is 30.1 Å². The summed E-state index contributed by atoms with van der Waals surface area (Å²) in [5.41, 5.74) is 4.53. The molecular weight excluding hydrogens is 248 g/mol. The lowest BCUT2D eigenvalue weighted by molar-refractivity contribution is 0.952. The molecule has 7 heteroatoms. The van der Waals surface area contributed by atoms with Crippen molar-refractivity contribution in [3.63, 3.8) is 0 Å². The summed E-state index contributed by atoms with van der Waals surface area (Å²) in [6.07, 6.45) is 2.61. The van der Waals surface area contributed by atoms with E-state index in [0.29, 0.717) is 5.95 Å². The minimum Gasteiger partial charge on any atom is -0.369 e. The van der Waals surface area contributed by atoms with Crippen LogP contribution in [0, 0.1) is 13.8 Å². The second kappa shape index (κ2) is 5.74. The molecule has 0 aliphatic rings. The zero-order valence-electron chi connectivity index (χ0n) is 10.4. The summed E-state index contributed by atoms with van der Waals surface area (Å²) in [6, 6.07) is 0. The third kappa shape index (κ3) is 3.14. The Morgan fingerprint density at radius 3 is 2.83 bits per heavy atom. The Kier molecular flexibility index (Phi) is 4.06. The van der Waals surface area contributed by atoms with Crippen LogP contribution in [0.15, 0.2) is 11.6 Å². The quantitative estimate of drug-likeness (QED) is 0.560. The summed E-state index contributed by atoms with van der Waals surface area (Å²) in [5.74, 6) is 6.49. The highest BCUT2D eigenvalue weighted by molar-refractivity contribution is 7.09. The number of aryl methyl sites for hydroxylation is 2. The van der Waals surface area contributed by atoms with Crippen molar-refractivity contribution in [1.82, 2.24) is 15.0 Å². The number of hydrogen-bond donors (Lipinski definition) is 3. The molecule has 2 aromatic rings. The van der Waals surface area contributed by atoms with Crippen LogP contribution in [0.4, 0.5) is 11.8 Å². The van der Waals surface area contributed by atoms with Gasteiger partial charge in [0.05, 0.1) is 10.7 Å². The molecule has 0 saturated carbocycles. The molecule has 2 aromatic heterocycles. The molecular formula is C11H16N6S. The number of anilines is 2. The molecule has 0 amide bonds. The van der Waals surface area contributed by atoms with Gasteiger partial charge in [0.2, 0.25) is 5.95 Å². The number of nitrogens with one attached hydrogen (secondary N) is 2. The maximum absolute atomic E-state index is 5.28. The third-order valence-electron chi connectivity index (χ3n) is 2.44. The predicted octanol–water partition coefficient (Wildman–Crippen LogP) is 1.49. The van der Waals surface area contributed by atoms with Crippen molar-refractivity contribution >= 4 is 23.1 Å². The Hall–Kier alpha value is -1.73. The van der Waals surface area contributed by atoms with Crippen LogP contribution < -0.4 is 16.6 Å². The van der Waals surface area contributed by atoms with Gasteiger partial charge in [-0.1, -0.05) is 0 Å². The molecule has 2 heterocycles. The zero-order valence-corrected chi connectivity index (χ0v) is 11.2. The van der Waals surface area contributed by atoms with Crippen molar-refractivity contribution < 1.29 is 0 Å². The lowest BCUT2D eigenvalue weighted by atomic mass is 10.3. The maximum Gasteiger partial charge on any atom is 0.239 e. The Bertz CT molecular complexity index is 524. The average Bonchev–Trinajstić information content (AvgIpc) is 2.77. The minimum atomic E-state index is 0.410. The molecule has 96 valence electrons. The first kappa shape index (κ1) is 12.7. The number of thiazole rings is 1. The molecule has 0 saturated heterocycles. The van der Waals surface area contributed by atoms with Gasteiger partial charge < -0.3 is 5.32 Å². The molecule has 6 nitrogen and oxygen atoms in total. The van der Waals surface area contributed by atoms with Crippen LogP contribution >= 0.6 is 11.3 Å². The van der Waals surface area contributed by atoms with E-state index in [-0.39, 0.29) is 0 Å². The van der Waals surface area contributed by atoms with Crippen LogP contribution in [0.1, 0.15) is 16.3 Å². The Morgan fingerprint density at radius 1 is 1.33 bits per heavy atom. The van der Waals surface area contributed by atoms with Gasteiger partial charge in [0.15, 0.2) is 0 Å². The molecule has 0 aliphatic carbocycles. The highest BCUT2D eigenvalue weighted by Gasteiger charge is 2.03. The third-order valence-corrected chi connectivity index (χ3v) is 3.26. The van der Waals surface area contributed by atoms with E-state index in [9.17, 15) is 0 Å². The number of nitrogens with two attached hydrogens (primary N) is 1. The van der Waals surface area contributed by atoms with E-state index in [0.717, 1.165) is 35.0 Å². The molecule has 2 rings (SSSR count). The second-order valence-electron chi connectivity index (χ2n) is 3.90. The largest absolute Gasteiger partial charge is 0.369 e. The van der Waals surface area contributed by atoms with Gasteiger partial charge in [-0.05, 0) is 13.8 Å². The van der Waals surface area contributed by atoms with Crippen molar-refractivity contribution in [2.24, 2.45) is 5.84 Å². The van der Waals surface area contributed by atoms with Crippen molar-refractivity contribution in [2.45, 2.75) is 20.3 Å². The molecule has 0 aliphatic heterocycles. The zero-order chi connectivity index (χ0) is 13.0. The SMILES string of the molecule is Cc1nc(CCNc2nc(NN)ncc2C)cs1. The van der Waals surface area contributed by atoms with Gasteiger partial charge >= 0.3 is 0 Å². The van der Waals surface area contributed by atoms with Gasteiger partial charge in [0.1, 0.15) is 5.82 Å². The molecule has 0 bridgehead atoms. The van der Waals surface area contributed by atoms with Crippen LogP contribution in [0.2, 0.25) is 0 Å². The monoisotopic (exact) mass is 264 g/mol. The van der Waals surface area contributed by atoms with Gasteiger partial charge in [0.25, 0.3) is 0 Å². The normalized spacial score (nSPS) is 10.4. The van der Waals surface area contributed by atoms with E-state index in [2.05, 4.69) is 31.1 Å². The summed E-state index contributed by atoms with van der Waals surface area (Å²) >= 11 is 1.67. The van der Waals surface area contributed by atoms with E-state index in [1.807, 2.05) is 13.8 Å². The fourth-order valence-electron chi connectivity index (χ4n) is 1.52. The molecule has 0 aromatic carbocycles. The van der Waals surface area contributed by atoms with Gasteiger partial charge in [-0.25, -0.2) is 15.8 Å². The summed E-state index contributed by atoms with van der Waals surface area (Å²) in [5, 5.41) is 6.44. The molecule has 0 atom stereocenters. The summed E-state index contributed by atoms with van der Waals surface area (Å²) < 4.78 is 0. The summed E-state index contributed by atoms with van der Waals surface area (Å²) in [4.78, 5) is 12.7. The number of hydrazine groups is 1. The van der Waals surface area contributed by atoms with Gasteiger partial charge in [-0.2, -0.15) is 4.98 Å². The second-order valence-corrected chi connectivity index (χ2v) is 4.97. The Labute approximate surface area is 110 Å². The van der Waals surface area contributed by atoms with E-state index in [1.54, 1.807) is 17.5 Å². The first-order valence-electron chi connectivity index (χ1n) is 5.64. The Morgan fingerprint density at radius 2 is 2.17 bits per heavy atom. The molecule has 4 N–H and O–H groups in total. The number of aromatic nitrogens is 3. The summed E-state index contributed by atoms with van der Waals surface area (Å²) in [6.45, 7) is 4.75. The molecule has 0 spiro atoms. The molecule has 0 fully saturated rings. The number of hydrogen-bond acceptors (Lipinski definition) is 7. The highest BCUT2D eigenvalue weighted by atomic mass is 32.1. The highest BCUT2D eigenvalue weighted by Crippen LogP contribution is 2.13. The maximum atomic E-state index is 5.28. The van der Waals surface area contributed by atoms with E-state index < -0.39 is 0 Å². The lowest BCUT2D eigenvalue weighted by Gasteiger charge is -2.08. The van der Waals surface area contributed by atoms with Gasteiger partial charge in [-0.15, -0.1) is 11.3 Å². The van der Waals surface area contributed by atoms with Gasteiger partial charge in [-0.3, -0.25) is 5.43 Å². The lowest BCUT2D eigenvalue weighted by Crippen LogP contribution is -2.13. The summed E-state index contributed by atoms with van der Waals surface area (Å²) in [7, 11) is 0. The first-order valence-corrected chi connectivity index (χ1v) is 6.52. The first-order chi connectivity index (χ1) is 8.69. The standard InChI is InChI=1S/C11H16N6S/c1-7-5-14-11(17-12)16-10(7)13-4-3-9-6-18-8(2)15-9/h5-6H,3-4,12H2,1-2H3,(H2,13,14,16,17). The smallest absolute Gasteiger partial charge is 0.239 e. The van der Waals surface area contributed by atoms with Crippen LogP contribution in [0.5, 0.6) is 0 Å². The number of nitrogen functional groups attached to an aromatic ring is 1. The molecule has 0 radical (unpaired) electrons. The van der Waals surface area contributed by atoms with E-state index >= 15 is 0 Å². The van der Waals surface area contributed by atoms with Crippen molar-refractivity contribution in [1.29, 1.82) is 0 Å². The van der Waals surface area contributed by atoms with Crippen molar-refractivity contribution in [3.05, 3.63) is 27.8 Å². The van der Waals surface area contributed by atoms with Crippen LogP contribution in [0.3, 0.4) is 0 Å². The fourth-order valence-corrected chi connectivity index (χ4v) is 2.17. The van der Waals surface area contributed by atoms with Crippen LogP contribution in [-0.2, 0) is 6.42 Å². The minimum absolute atomic E-state index is 0.410. The van der Waals surface area contributed by atoms with Crippen molar-refractivity contribution in [3.8, 4) is 0 Å². The number of nitrogens with zero attached hydrogens (tertiary/aromatic N) is 3. The van der Waals surface area contributed by atoms with E-state index in [1.165, 1.54) is 0 Å². The molecule has 18 heavy (non-hydrogen) atoms.